The second kappa shape index (κ2) is 22.5. The summed E-state index contributed by atoms with van der Waals surface area (Å²) in [5, 5.41) is 0. The van der Waals surface area contributed by atoms with Crippen molar-refractivity contribution in [1.29, 1.82) is 0 Å². The minimum absolute atomic E-state index is 0.279. The molecular weight excluding hydrogens is 833 g/mol. The largest absolute Gasteiger partial charge is 0.489 e. The van der Waals surface area contributed by atoms with Crippen molar-refractivity contribution in [2.24, 2.45) is 0 Å². The first kappa shape index (κ1) is 45.9. The van der Waals surface area contributed by atoms with E-state index in [1.165, 1.54) is 22.3 Å². The normalized spacial score (nSPS) is 11.4. The van der Waals surface area contributed by atoms with Crippen molar-refractivity contribution in [3.8, 4) is 40.2 Å². The van der Waals surface area contributed by atoms with E-state index in [0.29, 0.717) is 60.9 Å². The highest BCUT2D eigenvalue weighted by Gasteiger charge is 2.15. The van der Waals surface area contributed by atoms with Crippen molar-refractivity contribution in [2.75, 3.05) is 0 Å². The van der Waals surface area contributed by atoms with Crippen LogP contribution in [0.2, 0.25) is 0 Å². The van der Waals surface area contributed by atoms with Gasteiger partial charge in [-0.15, -0.1) is 0 Å². The molecule has 0 saturated carbocycles. The zero-order valence-electron chi connectivity index (χ0n) is 39.0. The summed E-state index contributed by atoms with van der Waals surface area (Å²) in [5.74, 6) is 4.66. The minimum atomic E-state index is -0.299. The third-order valence-corrected chi connectivity index (χ3v) is 11.3. The van der Waals surface area contributed by atoms with Crippen molar-refractivity contribution >= 4 is 0 Å². The average Bonchev–Trinajstić information content (AvgIpc) is 3.35. The van der Waals surface area contributed by atoms with E-state index in [-0.39, 0.29) is 19.3 Å². The van der Waals surface area contributed by atoms with Gasteiger partial charge >= 0.3 is 0 Å². The molecule has 0 saturated heterocycles. The lowest BCUT2D eigenvalue weighted by molar-refractivity contribution is 0.223. The van der Waals surface area contributed by atoms with Crippen LogP contribution >= 0.6 is 0 Å². The van der Waals surface area contributed by atoms with Crippen molar-refractivity contribution in [3.05, 3.63) is 243 Å². The van der Waals surface area contributed by atoms with Crippen LogP contribution < -0.4 is 33.2 Å². The molecule has 1 unspecified atom stereocenters. The minimum Gasteiger partial charge on any atom is -0.489 e. The van der Waals surface area contributed by atoms with Crippen LogP contribution in [0.1, 0.15) is 74.2 Å². The number of rotatable bonds is 21. The lowest BCUT2D eigenvalue weighted by Gasteiger charge is -2.19. The smallest absolute Gasteiger partial charge is 0.162 e. The fourth-order valence-corrected chi connectivity index (χ4v) is 7.23. The molecule has 0 aliphatic rings. The average molecular weight is 891 g/mol. The molecule has 8 aromatic rings. The molecule has 7 nitrogen and oxygen atoms in total. The van der Waals surface area contributed by atoms with Crippen LogP contribution in [-0.4, -0.2) is 0 Å². The van der Waals surface area contributed by atoms with Crippen LogP contribution in [0.25, 0.3) is 0 Å². The third-order valence-electron chi connectivity index (χ3n) is 11.3. The SMILES string of the molecule is Cc1ccc(COc2ccc(COc3cc(OCc4ccc(OCc5ccc(C)cc5)c(OCc5ccc(C)cc5)c4)cc(C(C)Oc4ccccc4)c3)cc2OCc2ccc(C)cc2)cc1. The zero-order chi connectivity index (χ0) is 46.4. The summed E-state index contributed by atoms with van der Waals surface area (Å²) in [7, 11) is 0. The molecular formula is C60H58O7. The van der Waals surface area contributed by atoms with Gasteiger partial charge in [0.2, 0.25) is 0 Å². The number of benzene rings is 8. The highest BCUT2D eigenvalue weighted by molar-refractivity contribution is 5.46. The van der Waals surface area contributed by atoms with Crippen molar-refractivity contribution in [2.45, 2.75) is 80.4 Å². The van der Waals surface area contributed by atoms with Crippen molar-refractivity contribution in [1.82, 2.24) is 0 Å². The van der Waals surface area contributed by atoms with E-state index >= 15 is 0 Å². The summed E-state index contributed by atoms with van der Waals surface area (Å²) < 4.78 is 45.0. The van der Waals surface area contributed by atoms with Gasteiger partial charge in [-0.1, -0.05) is 150 Å². The van der Waals surface area contributed by atoms with Crippen molar-refractivity contribution < 1.29 is 33.2 Å². The Hall–Kier alpha value is -7.64. The van der Waals surface area contributed by atoms with Gasteiger partial charge in [-0.3, -0.25) is 0 Å². The summed E-state index contributed by atoms with van der Waals surface area (Å²) in [6.07, 6.45) is -0.299. The van der Waals surface area contributed by atoms with E-state index in [1.807, 2.05) is 91.9 Å². The predicted octanol–water partition coefficient (Wildman–Crippen LogP) is 14.5. The van der Waals surface area contributed by atoms with Gasteiger partial charge in [0, 0.05) is 6.07 Å². The molecule has 340 valence electrons. The zero-order valence-corrected chi connectivity index (χ0v) is 39.0. The molecule has 0 aliphatic heterocycles. The monoisotopic (exact) mass is 890 g/mol. The van der Waals surface area contributed by atoms with E-state index < -0.39 is 0 Å². The fourth-order valence-electron chi connectivity index (χ4n) is 7.23. The van der Waals surface area contributed by atoms with Crippen molar-refractivity contribution in [3.63, 3.8) is 0 Å². The summed E-state index contributed by atoms with van der Waals surface area (Å²) in [5.41, 5.74) is 11.9. The summed E-state index contributed by atoms with van der Waals surface area (Å²) in [6.45, 7) is 12.5. The number of hydrogen-bond donors (Lipinski definition) is 0. The first-order valence-corrected chi connectivity index (χ1v) is 22.8. The number of ether oxygens (including phenoxy) is 7. The second-order valence-corrected chi connectivity index (χ2v) is 17.0. The summed E-state index contributed by atoms with van der Waals surface area (Å²) in [6, 6.07) is 61.1. The van der Waals surface area contributed by atoms with Crippen LogP contribution in [0.15, 0.2) is 182 Å². The van der Waals surface area contributed by atoms with Gasteiger partial charge in [0.15, 0.2) is 23.0 Å². The maximum Gasteiger partial charge on any atom is 0.162 e. The number of hydrogen-bond acceptors (Lipinski definition) is 7. The van der Waals surface area contributed by atoms with E-state index in [9.17, 15) is 0 Å². The Morgan fingerprint density at radius 2 is 0.627 bits per heavy atom. The molecule has 67 heavy (non-hydrogen) atoms. The molecule has 0 heterocycles. The van der Waals surface area contributed by atoms with Gasteiger partial charge in [-0.25, -0.2) is 0 Å². The van der Waals surface area contributed by atoms with E-state index in [0.717, 1.165) is 44.7 Å². The van der Waals surface area contributed by atoms with Gasteiger partial charge in [0.1, 0.15) is 63.0 Å². The molecule has 0 aromatic heterocycles. The lowest BCUT2D eigenvalue weighted by atomic mass is 10.1. The van der Waals surface area contributed by atoms with Crippen LogP contribution in [0.3, 0.4) is 0 Å². The molecule has 0 bridgehead atoms. The molecule has 0 spiro atoms. The molecule has 0 fully saturated rings. The standard InChI is InChI=1S/C60H58O7/c1-42-11-19-47(20-12-42)36-63-57-29-27-51(31-59(57)65-38-49-23-15-44(3)16-24-49)40-61-55-33-53(46(5)67-54-9-7-6-8-10-54)34-56(35-55)62-41-52-28-30-58(64-37-48-21-13-43(2)14-22-48)60(32-52)66-39-50-25-17-45(4)18-26-50/h6-35,46H,36-41H2,1-5H3. The first-order valence-electron chi connectivity index (χ1n) is 22.8. The Morgan fingerprint density at radius 1 is 0.299 bits per heavy atom. The van der Waals surface area contributed by atoms with Gasteiger partial charge < -0.3 is 33.2 Å². The molecule has 0 aliphatic carbocycles. The Bertz CT molecular complexity index is 2630. The molecule has 0 amide bonds. The van der Waals surface area contributed by atoms with E-state index in [2.05, 4.69) is 125 Å². The highest BCUT2D eigenvalue weighted by atomic mass is 16.5. The van der Waals surface area contributed by atoms with Crippen LogP contribution in [0.5, 0.6) is 40.2 Å². The topological polar surface area (TPSA) is 64.6 Å². The third kappa shape index (κ3) is 13.7. The Balaban J connectivity index is 1.01. The second-order valence-electron chi connectivity index (χ2n) is 17.0. The van der Waals surface area contributed by atoms with E-state index in [1.54, 1.807) is 0 Å². The highest BCUT2D eigenvalue weighted by Crippen LogP contribution is 2.35. The van der Waals surface area contributed by atoms with Gasteiger partial charge in [0.25, 0.3) is 0 Å². The van der Waals surface area contributed by atoms with E-state index in [4.69, 9.17) is 33.2 Å². The Morgan fingerprint density at radius 3 is 1.00 bits per heavy atom. The molecule has 8 aromatic carbocycles. The van der Waals surface area contributed by atoms with Crippen LogP contribution in [-0.2, 0) is 39.6 Å². The first-order chi connectivity index (χ1) is 32.7. The number of aryl methyl sites for hydroxylation is 4. The molecule has 0 N–H and O–H groups in total. The Kier molecular flexibility index (Phi) is 15.4. The quantitative estimate of drug-likeness (QED) is 0.0712. The summed E-state index contributed by atoms with van der Waals surface area (Å²) >= 11 is 0. The van der Waals surface area contributed by atoms with Crippen LogP contribution in [0.4, 0.5) is 0 Å². The molecule has 1 atom stereocenters. The lowest BCUT2D eigenvalue weighted by Crippen LogP contribution is -2.06. The molecule has 8 rings (SSSR count). The predicted molar refractivity (Wildman–Crippen MR) is 266 cm³/mol. The van der Waals surface area contributed by atoms with Gasteiger partial charge in [0.05, 0.1) is 0 Å². The molecule has 0 radical (unpaired) electrons. The van der Waals surface area contributed by atoms with Gasteiger partial charge in [-0.2, -0.15) is 0 Å². The van der Waals surface area contributed by atoms with Gasteiger partial charge in [-0.05, 0) is 122 Å². The summed E-state index contributed by atoms with van der Waals surface area (Å²) in [4.78, 5) is 0. The fraction of sp³-hybridized carbons (Fsp3) is 0.200. The van der Waals surface area contributed by atoms with Crippen LogP contribution in [0, 0.1) is 27.7 Å². The number of para-hydroxylation sites is 1. The Labute approximate surface area is 395 Å². The maximum absolute atomic E-state index is 6.55. The molecule has 7 heteroatoms. The maximum atomic E-state index is 6.55.